The number of esters is 1. The molecule has 2 aliphatic heterocycles. The Morgan fingerprint density at radius 3 is 2.27 bits per heavy atom. The Labute approximate surface area is 238 Å². The van der Waals surface area contributed by atoms with E-state index >= 15 is 0 Å². The van der Waals surface area contributed by atoms with E-state index in [2.05, 4.69) is 19.8 Å². The fourth-order valence-electron chi connectivity index (χ4n) is 5.33. The van der Waals surface area contributed by atoms with Gasteiger partial charge in [-0.15, -0.1) is 0 Å². The molecule has 1 aromatic carbocycles. The fourth-order valence-corrected chi connectivity index (χ4v) is 5.33. The first kappa shape index (κ1) is 29.4. The molecule has 41 heavy (non-hydrogen) atoms. The van der Waals surface area contributed by atoms with Gasteiger partial charge in [0.25, 0.3) is 0 Å². The van der Waals surface area contributed by atoms with Crippen molar-refractivity contribution in [1.29, 1.82) is 0 Å². The number of ether oxygens (including phenoxy) is 1. The van der Waals surface area contributed by atoms with Crippen molar-refractivity contribution < 1.29 is 27.5 Å². The van der Waals surface area contributed by atoms with Gasteiger partial charge in [0.15, 0.2) is 5.69 Å². The van der Waals surface area contributed by atoms with Crippen LogP contribution in [0.15, 0.2) is 30.5 Å². The van der Waals surface area contributed by atoms with Gasteiger partial charge in [0.1, 0.15) is 5.60 Å². The molecule has 0 unspecified atom stereocenters. The second-order valence-corrected chi connectivity index (χ2v) is 11.8. The second kappa shape index (κ2) is 11.6. The third-order valence-electron chi connectivity index (χ3n) is 8.38. The first-order valence-electron chi connectivity index (χ1n) is 14.4. The average Bonchev–Trinajstić information content (AvgIpc) is 3.68. The Hall–Kier alpha value is -3.12. The molecule has 3 heterocycles. The highest BCUT2D eigenvalue weighted by Gasteiger charge is 2.35. The molecule has 1 aliphatic carbocycles. The van der Waals surface area contributed by atoms with Crippen LogP contribution in [0, 0.1) is 0 Å². The molecule has 1 aromatic heterocycles. The van der Waals surface area contributed by atoms with Crippen molar-refractivity contribution >= 4 is 17.7 Å². The number of benzene rings is 1. The van der Waals surface area contributed by atoms with Gasteiger partial charge in [-0.05, 0) is 56.9 Å². The number of carbonyl (C=O) groups excluding carboxylic acids is 2. The summed E-state index contributed by atoms with van der Waals surface area (Å²) in [6, 6.07) is 5.85. The van der Waals surface area contributed by atoms with E-state index in [-0.39, 0.29) is 11.7 Å². The Morgan fingerprint density at radius 1 is 0.976 bits per heavy atom. The summed E-state index contributed by atoms with van der Waals surface area (Å²) in [7, 11) is 0. The molecule has 2 saturated heterocycles. The van der Waals surface area contributed by atoms with Crippen LogP contribution in [0.3, 0.4) is 0 Å². The summed E-state index contributed by atoms with van der Waals surface area (Å²) in [4.78, 5) is 33.8. The van der Waals surface area contributed by atoms with E-state index < -0.39 is 23.3 Å². The van der Waals surface area contributed by atoms with Crippen molar-refractivity contribution in [2.75, 3.05) is 57.3 Å². The lowest BCUT2D eigenvalue weighted by molar-refractivity contribution is -0.137. The topological polar surface area (TPSA) is 74.2 Å². The van der Waals surface area contributed by atoms with Gasteiger partial charge in [-0.25, -0.2) is 9.59 Å². The van der Waals surface area contributed by atoms with Gasteiger partial charge >= 0.3 is 18.2 Å². The lowest BCUT2D eigenvalue weighted by atomic mass is 10.1. The number of hydrogen-bond donors (Lipinski definition) is 0. The summed E-state index contributed by atoms with van der Waals surface area (Å²) in [5.41, 5.74) is 0.334. The van der Waals surface area contributed by atoms with Gasteiger partial charge < -0.3 is 14.5 Å². The highest BCUT2D eigenvalue weighted by Crippen LogP contribution is 2.35. The van der Waals surface area contributed by atoms with Crippen LogP contribution in [-0.4, -0.2) is 100 Å². The molecule has 0 N–H and O–H groups in total. The summed E-state index contributed by atoms with van der Waals surface area (Å²) < 4.78 is 47.4. The first-order chi connectivity index (χ1) is 19.4. The zero-order chi connectivity index (χ0) is 29.4. The van der Waals surface area contributed by atoms with Crippen molar-refractivity contribution in [1.82, 2.24) is 24.5 Å². The Bertz CT molecular complexity index is 1240. The summed E-state index contributed by atoms with van der Waals surface area (Å²) in [6.45, 7) is 11.2. The van der Waals surface area contributed by atoms with Gasteiger partial charge in [0.05, 0.1) is 5.56 Å². The number of amides is 1. The van der Waals surface area contributed by atoms with Crippen molar-refractivity contribution in [3.8, 4) is 0 Å². The maximum absolute atomic E-state index is 13.6. The number of alkyl halides is 3. The number of anilines is 1. The smallest absolute Gasteiger partial charge is 0.416 e. The highest BCUT2D eigenvalue weighted by molar-refractivity contribution is 5.88. The predicted octanol–water partition coefficient (Wildman–Crippen LogP) is 4.32. The molecule has 0 radical (unpaired) electrons. The van der Waals surface area contributed by atoms with Crippen LogP contribution in [0.2, 0.25) is 0 Å². The quantitative estimate of drug-likeness (QED) is 0.455. The molecular weight excluding hydrogens is 537 g/mol. The normalized spacial score (nSPS) is 19.5. The van der Waals surface area contributed by atoms with Crippen molar-refractivity contribution in [2.45, 2.75) is 64.4 Å². The zero-order valence-corrected chi connectivity index (χ0v) is 24.0. The van der Waals surface area contributed by atoms with Gasteiger partial charge in [-0.2, -0.15) is 23.0 Å². The largest absolute Gasteiger partial charge is 0.455 e. The Kier molecular flexibility index (Phi) is 8.34. The lowest BCUT2D eigenvalue weighted by Gasteiger charge is -2.39. The molecule has 5 rings (SSSR count). The van der Waals surface area contributed by atoms with E-state index in [0.717, 1.165) is 23.3 Å². The number of piperazine rings is 2. The maximum atomic E-state index is 13.6. The fraction of sp³-hybridized carbons (Fsp3) is 0.621. The van der Waals surface area contributed by atoms with Gasteiger partial charge in [0, 0.05) is 76.8 Å². The molecule has 224 valence electrons. The average molecular weight is 577 g/mol. The minimum Gasteiger partial charge on any atom is -0.455 e. The van der Waals surface area contributed by atoms with E-state index in [1.165, 1.54) is 37.2 Å². The molecule has 3 aliphatic rings. The minimum absolute atomic E-state index is 0.0753. The molecule has 0 atom stereocenters. The molecule has 0 spiro atoms. The van der Waals surface area contributed by atoms with Crippen LogP contribution >= 0.6 is 0 Å². The number of hydrogen-bond acceptors (Lipinski definition) is 7. The van der Waals surface area contributed by atoms with Crippen LogP contribution in [-0.2, 0) is 17.5 Å². The predicted molar refractivity (Wildman–Crippen MR) is 148 cm³/mol. The SMILES string of the molecule is CCC(C)(C)OC(=O)c1ccn(C(=O)N2CCN(Cc3ccc(C(F)(F)F)cc3N3CCN(C4CC4)CC3)CC2)n1. The molecule has 9 nitrogen and oxygen atoms in total. The molecule has 1 amide bonds. The van der Waals surface area contributed by atoms with Crippen LogP contribution in [0.25, 0.3) is 0 Å². The minimum atomic E-state index is -4.40. The number of nitrogens with zero attached hydrogens (tertiary/aromatic N) is 6. The summed E-state index contributed by atoms with van der Waals surface area (Å²) >= 11 is 0. The van der Waals surface area contributed by atoms with E-state index in [4.69, 9.17) is 4.74 Å². The molecule has 3 fully saturated rings. The Balaban J connectivity index is 1.20. The van der Waals surface area contributed by atoms with Crippen LogP contribution in [0.4, 0.5) is 23.7 Å². The number of carbonyl (C=O) groups is 2. The molecule has 1 saturated carbocycles. The third kappa shape index (κ3) is 7.03. The van der Waals surface area contributed by atoms with Gasteiger partial charge in [0.2, 0.25) is 0 Å². The van der Waals surface area contributed by atoms with Crippen molar-refractivity contribution in [2.24, 2.45) is 0 Å². The molecule has 0 bridgehead atoms. The monoisotopic (exact) mass is 576 g/mol. The first-order valence-corrected chi connectivity index (χ1v) is 14.4. The van der Waals surface area contributed by atoms with E-state index in [0.29, 0.717) is 64.0 Å². The van der Waals surface area contributed by atoms with Crippen molar-refractivity contribution in [3.63, 3.8) is 0 Å². The highest BCUT2D eigenvalue weighted by atomic mass is 19.4. The Morgan fingerprint density at radius 2 is 1.66 bits per heavy atom. The maximum Gasteiger partial charge on any atom is 0.416 e. The number of aromatic nitrogens is 2. The summed E-state index contributed by atoms with van der Waals surface area (Å²) in [5.74, 6) is -0.575. The van der Waals surface area contributed by atoms with Crippen LogP contribution in [0.1, 0.15) is 61.6 Å². The summed E-state index contributed by atoms with van der Waals surface area (Å²) in [5, 5.41) is 4.14. The van der Waals surface area contributed by atoms with E-state index in [1.807, 2.05) is 20.8 Å². The number of rotatable bonds is 7. The third-order valence-corrected chi connectivity index (χ3v) is 8.38. The van der Waals surface area contributed by atoms with Gasteiger partial charge in [-0.1, -0.05) is 13.0 Å². The molecule has 2 aromatic rings. The molecule has 12 heteroatoms. The van der Waals surface area contributed by atoms with E-state index in [1.54, 1.807) is 11.0 Å². The van der Waals surface area contributed by atoms with Gasteiger partial charge in [-0.3, -0.25) is 9.80 Å². The summed E-state index contributed by atoms with van der Waals surface area (Å²) in [6.07, 6.45) is 0.142. The zero-order valence-electron chi connectivity index (χ0n) is 24.0. The second-order valence-electron chi connectivity index (χ2n) is 11.8. The lowest BCUT2D eigenvalue weighted by Crippen LogP contribution is -2.50. The van der Waals surface area contributed by atoms with Crippen molar-refractivity contribution in [3.05, 3.63) is 47.3 Å². The molecular formula is C29H39F3N6O3. The standard InChI is InChI=1S/C29H39F3N6O3/c1-4-28(2,3)41-26(39)24-9-10-38(33-24)27(40)37-13-11-34(12-14-37)20-21-5-6-22(29(30,31)32)19-25(21)36-17-15-35(16-18-36)23-7-8-23/h5-6,9-10,19,23H,4,7-8,11-18,20H2,1-3H3. The van der Waals surface area contributed by atoms with Crippen LogP contribution < -0.4 is 4.90 Å². The van der Waals surface area contributed by atoms with E-state index in [9.17, 15) is 22.8 Å². The number of halogens is 3. The van der Waals surface area contributed by atoms with Crippen LogP contribution in [0.5, 0.6) is 0 Å².